The zero-order chi connectivity index (χ0) is 11.1. The van der Waals surface area contributed by atoms with Crippen molar-refractivity contribution in [1.29, 1.82) is 0 Å². The average Bonchev–Trinajstić information content (AvgIpc) is 3.01. The molecular weight excluding hydrogens is 259 g/mol. The molecule has 0 N–H and O–H groups in total. The van der Waals surface area contributed by atoms with Gasteiger partial charge in [0.05, 0.1) is 0 Å². The summed E-state index contributed by atoms with van der Waals surface area (Å²) < 4.78 is 0. The Hall–Kier alpha value is 0.883. The van der Waals surface area contributed by atoms with Crippen LogP contribution in [0.15, 0.2) is 0 Å². The molecule has 2 aliphatic rings. The van der Waals surface area contributed by atoms with Crippen LogP contribution in [0.2, 0.25) is 0 Å². The Morgan fingerprint density at radius 1 is 0.400 bits per heavy atom. The van der Waals surface area contributed by atoms with E-state index in [4.69, 9.17) is 0 Å². The van der Waals surface area contributed by atoms with Crippen molar-refractivity contribution < 1.29 is 26.2 Å². The maximum Gasteiger partial charge on any atom is 4.00 e. The van der Waals surface area contributed by atoms with Crippen LogP contribution in [0, 0.1) is 13.8 Å². The van der Waals surface area contributed by atoms with Crippen LogP contribution < -0.4 is 0 Å². The van der Waals surface area contributed by atoms with Gasteiger partial charge in [0, 0.05) is 0 Å². The Morgan fingerprint density at radius 2 is 0.467 bits per heavy atom. The first kappa shape index (κ1) is 21.2. The third kappa shape index (κ3) is 20.9. The van der Waals surface area contributed by atoms with Crippen LogP contribution in [-0.4, -0.2) is 0 Å². The zero-order valence-electron chi connectivity index (χ0n) is 11.0. The van der Waals surface area contributed by atoms with E-state index in [9.17, 15) is 0 Å². The smallest absolute Gasteiger partial charge is 0.346 e. The predicted molar refractivity (Wildman–Crippen MR) is 68.2 cm³/mol. The van der Waals surface area contributed by atoms with Gasteiger partial charge in [-0.1, -0.05) is 64.2 Å². The molecule has 0 atom stereocenters. The van der Waals surface area contributed by atoms with Crippen molar-refractivity contribution in [3.05, 3.63) is 13.8 Å². The van der Waals surface area contributed by atoms with E-state index in [0.717, 1.165) is 0 Å². The number of rotatable bonds is 0. The van der Waals surface area contributed by atoms with Crippen LogP contribution in [0.4, 0.5) is 0 Å². The summed E-state index contributed by atoms with van der Waals surface area (Å²) in [5.41, 5.74) is 0. The first-order chi connectivity index (χ1) is 7.00. The molecular formula is C14H30Zr+2. The van der Waals surface area contributed by atoms with E-state index in [1.807, 2.05) is 0 Å². The molecule has 2 rings (SSSR count). The van der Waals surface area contributed by atoms with Gasteiger partial charge in [0.1, 0.15) is 0 Å². The van der Waals surface area contributed by atoms with Gasteiger partial charge in [-0.15, -0.1) is 0 Å². The first-order valence-corrected chi connectivity index (χ1v) is 6.41. The fourth-order valence-electron chi connectivity index (χ4n) is 1.77. The van der Waals surface area contributed by atoms with Crippen LogP contribution in [0.25, 0.3) is 0 Å². The molecule has 0 saturated heterocycles. The topological polar surface area (TPSA) is 0 Å². The van der Waals surface area contributed by atoms with Gasteiger partial charge in [-0.05, 0) is 0 Å². The summed E-state index contributed by atoms with van der Waals surface area (Å²) in [6, 6.07) is 0. The Kier molecular flexibility index (Phi) is 34.2. The predicted octanol–water partition coefficient (Wildman–Crippen LogP) is 5.58. The van der Waals surface area contributed by atoms with Crippen LogP contribution in [0.1, 0.15) is 78.1 Å². The molecule has 0 heterocycles. The van der Waals surface area contributed by atoms with E-state index in [0.29, 0.717) is 0 Å². The fraction of sp³-hybridized carbons (Fsp3) is 0.857. The van der Waals surface area contributed by atoms with Crippen molar-refractivity contribution in [2.24, 2.45) is 0 Å². The van der Waals surface area contributed by atoms with Crippen LogP contribution in [0.3, 0.4) is 0 Å². The second-order valence-electron chi connectivity index (χ2n) is 3.54. The largest absolute Gasteiger partial charge is 4.00 e. The molecule has 0 unspecified atom stereocenters. The minimum Gasteiger partial charge on any atom is -0.346 e. The van der Waals surface area contributed by atoms with Crippen molar-refractivity contribution in [1.82, 2.24) is 0 Å². The minimum atomic E-state index is 0. The maximum atomic E-state index is 3.25. The first-order valence-electron chi connectivity index (χ1n) is 6.41. The van der Waals surface area contributed by atoms with Gasteiger partial charge in [-0.2, -0.15) is 13.8 Å². The molecule has 1 heteroatoms. The van der Waals surface area contributed by atoms with Crippen molar-refractivity contribution >= 4 is 0 Å². The van der Waals surface area contributed by atoms with Gasteiger partial charge in [0.15, 0.2) is 0 Å². The Morgan fingerprint density at radius 3 is 0.533 bits per heavy atom. The van der Waals surface area contributed by atoms with Gasteiger partial charge in [-0.25, -0.2) is 0 Å². The monoisotopic (exact) mass is 288 g/mol. The molecule has 0 amide bonds. The second kappa shape index (κ2) is 24.2. The van der Waals surface area contributed by atoms with Gasteiger partial charge in [0.25, 0.3) is 0 Å². The SMILES string of the molecule is C1CCCC1.C1CCCC1.[CH2-]C.[CH2-]C.[Zr+4]. The standard InChI is InChI=1S/2C5H10.2C2H5.Zr/c2*1-2-4-5-3-1;2*1-2;/h2*1-5H2;2*1H2,2H3;/q;;2*-1;+4. The van der Waals surface area contributed by atoms with E-state index in [2.05, 4.69) is 13.8 Å². The van der Waals surface area contributed by atoms with Gasteiger partial charge in [0.2, 0.25) is 0 Å². The Labute approximate surface area is 118 Å². The van der Waals surface area contributed by atoms with Crippen molar-refractivity contribution in [2.45, 2.75) is 78.1 Å². The van der Waals surface area contributed by atoms with Crippen molar-refractivity contribution in [3.8, 4) is 0 Å². The summed E-state index contributed by atoms with van der Waals surface area (Å²) in [6.07, 6.45) is 15.0. The molecule has 88 valence electrons. The molecule has 2 aliphatic carbocycles. The molecule has 2 fully saturated rings. The fourth-order valence-corrected chi connectivity index (χ4v) is 1.77. The summed E-state index contributed by atoms with van der Waals surface area (Å²) in [7, 11) is 0. The number of hydrogen-bond acceptors (Lipinski definition) is 0. The molecule has 15 heavy (non-hydrogen) atoms. The average molecular weight is 290 g/mol. The molecule has 0 aromatic rings. The van der Waals surface area contributed by atoms with Crippen LogP contribution in [0.5, 0.6) is 0 Å². The quantitative estimate of drug-likeness (QED) is 0.511. The minimum absolute atomic E-state index is 0. The molecule has 0 aromatic heterocycles. The molecule has 0 radical (unpaired) electrons. The second-order valence-corrected chi connectivity index (χ2v) is 3.54. The van der Waals surface area contributed by atoms with E-state index in [-0.39, 0.29) is 26.2 Å². The normalized spacial score (nSPS) is 16.8. The van der Waals surface area contributed by atoms with E-state index >= 15 is 0 Å². The van der Waals surface area contributed by atoms with Crippen LogP contribution >= 0.6 is 0 Å². The van der Waals surface area contributed by atoms with Gasteiger partial charge < -0.3 is 13.8 Å². The van der Waals surface area contributed by atoms with Crippen molar-refractivity contribution in [3.63, 3.8) is 0 Å². The summed E-state index contributed by atoms with van der Waals surface area (Å²) >= 11 is 0. The van der Waals surface area contributed by atoms with E-state index in [1.54, 1.807) is 13.8 Å². The Bertz CT molecular complexity index is 38.5. The molecule has 0 nitrogen and oxygen atoms in total. The zero-order valence-corrected chi connectivity index (χ0v) is 13.4. The van der Waals surface area contributed by atoms with E-state index in [1.165, 1.54) is 64.2 Å². The number of hydrogen-bond donors (Lipinski definition) is 0. The van der Waals surface area contributed by atoms with Crippen molar-refractivity contribution in [2.75, 3.05) is 0 Å². The summed E-state index contributed by atoms with van der Waals surface area (Å²) in [5, 5.41) is 0. The molecule has 2 saturated carbocycles. The third-order valence-electron chi connectivity index (χ3n) is 2.50. The van der Waals surface area contributed by atoms with Crippen LogP contribution in [-0.2, 0) is 26.2 Å². The summed E-state index contributed by atoms with van der Waals surface area (Å²) in [4.78, 5) is 0. The molecule has 0 spiro atoms. The molecule has 0 aliphatic heterocycles. The van der Waals surface area contributed by atoms with E-state index < -0.39 is 0 Å². The maximum absolute atomic E-state index is 3.25. The van der Waals surface area contributed by atoms with Gasteiger partial charge in [-0.3, -0.25) is 0 Å². The molecule has 0 aromatic carbocycles. The Balaban J connectivity index is -0.000000138. The molecule has 0 bridgehead atoms. The summed E-state index contributed by atoms with van der Waals surface area (Å²) in [6.45, 7) is 10.0. The van der Waals surface area contributed by atoms with Gasteiger partial charge >= 0.3 is 26.2 Å². The third-order valence-corrected chi connectivity index (χ3v) is 2.50. The summed E-state index contributed by atoms with van der Waals surface area (Å²) in [5.74, 6) is 0.